The molecule has 6 nitrogen and oxygen atoms in total. The first-order valence-electron chi connectivity index (χ1n) is 8.63. The normalized spacial score (nSPS) is 11.5. The van der Waals surface area contributed by atoms with Crippen molar-refractivity contribution in [1.29, 1.82) is 10.5 Å². The van der Waals surface area contributed by atoms with E-state index in [1.807, 2.05) is 36.4 Å². The number of rotatable bonds is 0. The Hall–Kier alpha value is -4.42. The van der Waals surface area contributed by atoms with Gasteiger partial charge in [-0.1, -0.05) is 42.5 Å². The Balaban J connectivity index is 1.82. The van der Waals surface area contributed by atoms with Crippen LogP contribution in [0.25, 0.3) is 55.4 Å². The molecule has 1 aliphatic carbocycles. The van der Waals surface area contributed by atoms with Crippen LogP contribution in [0, 0.1) is 22.7 Å². The van der Waals surface area contributed by atoms with Crippen molar-refractivity contribution >= 4 is 32.8 Å². The molecular weight excluding hydrogens is 348 g/mol. The van der Waals surface area contributed by atoms with Crippen molar-refractivity contribution in [3.05, 3.63) is 59.9 Å². The van der Waals surface area contributed by atoms with Gasteiger partial charge in [-0.3, -0.25) is 0 Å². The molecule has 0 saturated carbocycles. The minimum atomic E-state index is -0.0390. The zero-order valence-corrected chi connectivity index (χ0v) is 14.3. The maximum absolute atomic E-state index is 9.26. The summed E-state index contributed by atoms with van der Waals surface area (Å²) >= 11 is 0. The minimum absolute atomic E-state index is 0.0385. The van der Waals surface area contributed by atoms with Crippen LogP contribution in [-0.4, -0.2) is 19.9 Å². The molecule has 0 saturated heterocycles. The van der Waals surface area contributed by atoms with Gasteiger partial charge in [0.25, 0.3) is 0 Å². The van der Waals surface area contributed by atoms with Crippen LogP contribution < -0.4 is 0 Å². The lowest BCUT2D eigenvalue weighted by atomic mass is 9.97. The summed E-state index contributed by atoms with van der Waals surface area (Å²) in [6, 6.07) is 20.3. The Morgan fingerprint density at radius 3 is 2.11 bits per heavy atom. The Bertz CT molecular complexity index is 1590. The molecule has 0 aliphatic heterocycles. The monoisotopic (exact) mass is 356 g/mol. The van der Waals surface area contributed by atoms with E-state index in [1.165, 1.54) is 0 Å². The summed E-state index contributed by atoms with van der Waals surface area (Å²) < 4.78 is 0. The number of nitriles is 2. The molecule has 2 aromatic heterocycles. The van der Waals surface area contributed by atoms with Crippen molar-refractivity contribution in [3.63, 3.8) is 0 Å². The fourth-order valence-corrected chi connectivity index (χ4v) is 3.97. The molecule has 3 aromatic carbocycles. The van der Waals surface area contributed by atoms with Gasteiger partial charge in [0.1, 0.15) is 17.8 Å². The predicted octanol–water partition coefficient (Wildman–Crippen LogP) is 4.12. The maximum atomic E-state index is 9.26. The Morgan fingerprint density at radius 2 is 1.36 bits per heavy atom. The molecule has 0 N–H and O–H groups in total. The number of fused-ring (bicyclic) bond motifs is 6. The molecule has 126 valence electrons. The van der Waals surface area contributed by atoms with Crippen LogP contribution in [0.15, 0.2) is 48.5 Å². The highest BCUT2D eigenvalue weighted by molar-refractivity contribution is 6.22. The van der Waals surface area contributed by atoms with Gasteiger partial charge >= 0.3 is 0 Å². The van der Waals surface area contributed by atoms with Gasteiger partial charge in [-0.15, -0.1) is 0 Å². The smallest absolute Gasteiger partial charge is 0.199 e. The lowest BCUT2D eigenvalue weighted by Crippen LogP contribution is -2.01. The van der Waals surface area contributed by atoms with Crippen LogP contribution in [0.4, 0.5) is 0 Å². The van der Waals surface area contributed by atoms with E-state index in [-0.39, 0.29) is 22.7 Å². The minimum Gasteiger partial charge on any atom is -0.223 e. The summed E-state index contributed by atoms with van der Waals surface area (Å²) in [7, 11) is 0. The summed E-state index contributed by atoms with van der Waals surface area (Å²) in [6.07, 6.45) is 0. The van der Waals surface area contributed by atoms with Gasteiger partial charge in [-0.2, -0.15) is 10.5 Å². The molecule has 0 radical (unpaired) electrons. The van der Waals surface area contributed by atoms with Crippen LogP contribution in [0.3, 0.4) is 0 Å². The molecular formula is C22H8N6. The molecule has 2 heterocycles. The second-order valence-corrected chi connectivity index (χ2v) is 6.59. The van der Waals surface area contributed by atoms with Gasteiger partial charge in [-0.05, 0) is 22.2 Å². The van der Waals surface area contributed by atoms with Gasteiger partial charge in [-0.25, -0.2) is 19.9 Å². The highest BCUT2D eigenvalue weighted by atomic mass is 15.0. The van der Waals surface area contributed by atoms with E-state index in [4.69, 9.17) is 4.98 Å². The third kappa shape index (κ3) is 1.74. The first-order valence-corrected chi connectivity index (χ1v) is 8.63. The third-order valence-electron chi connectivity index (χ3n) is 5.11. The zero-order chi connectivity index (χ0) is 18.8. The van der Waals surface area contributed by atoms with Crippen LogP contribution >= 0.6 is 0 Å². The zero-order valence-electron chi connectivity index (χ0n) is 14.3. The first-order chi connectivity index (χ1) is 13.8. The average Bonchev–Trinajstić information content (AvgIpc) is 3.06. The van der Waals surface area contributed by atoms with Crippen molar-refractivity contribution in [2.45, 2.75) is 0 Å². The fourth-order valence-electron chi connectivity index (χ4n) is 3.97. The van der Waals surface area contributed by atoms with Crippen molar-refractivity contribution < 1.29 is 0 Å². The van der Waals surface area contributed by atoms with Crippen LogP contribution in [0.1, 0.15) is 11.4 Å². The highest BCUT2D eigenvalue weighted by Gasteiger charge is 2.27. The standard InChI is InChI=1S/C22H8N6/c23-9-15-16(10-24)26-22-21(25-15)27-19-14-7-3-5-12-8-11-4-1-2-6-13(11)18(17(12)14)20(19)28-22/h1-8H. The molecule has 0 bridgehead atoms. The molecule has 0 amide bonds. The van der Waals surface area contributed by atoms with E-state index >= 15 is 0 Å². The van der Waals surface area contributed by atoms with E-state index in [1.54, 1.807) is 0 Å². The van der Waals surface area contributed by atoms with Gasteiger partial charge in [0.15, 0.2) is 22.7 Å². The van der Waals surface area contributed by atoms with Crippen LogP contribution in [-0.2, 0) is 0 Å². The third-order valence-corrected chi connectivity index (χ3v) is 5.11. The van der Waals surface area contributed by atoms with Crippen molar-refractivity contribution in [2.24, 2.45) is 0 Å². The SMILES string of the molecule is N#Cc1nc2nc3c(nc2nc1C#N)-c1c2ccccc2cc2cccc-3c12. The van der Waals surface area contributed by atoms with Gasteiger partial charge < -0.3 is 0 Å². The Morgan fingerprint density at radius 1 is 0.679 bits per heavy atom. The van der Waals surface area contributed by atoms with E-state index in [9.17, 15) is 10.5 Å². The van der Waals surface area contributed by atoms with Gasteiger partial charge in [0.05, 0.1) is 5.69 Å². The molecule has 6 heteroatoms. The molecule has 1 aliphatic rings. The molecule has 0 fully saturated rings. The van der Waals surface area contributed by atoms with E-state index in [0.29, 0.717) is 0 Å². The number of hydrogen-bond donors (Lipinski definition) is 0. The van der Waals surface area contributed by atoms with E-state index in [2.05, 4.69) is 39.2 Å². The summed E-state index contributed by atoms with van der Waals surface area (Å²) in [5.74, 6) is 0. The predicted molar refractivity (Wildman–Crippen MR) is 104 cm³/mol. The first kappa shape index (κ1) is 14.7. The number of aromatic nitrogens is 4. The highest BCUT2D eigenvalue weighted by Crippen LogP contribution is 2.48. The second kappa shape index (κ2) is 5.06. The summed E-state index contributed by atoms with van der Waals surface area (Å²) in [5.41, 5.74) is 3.94. The number of nitrogens with zero attached hydrogens (tertiary/aromatic N) is 6. The quantitative estimate of drug-likeness (QED) is 0.380. The van der Waals surface area contributed by atoms with Crippen molar-refractivity contribution in [2.75, 3.05) is 0 Å². The van der Waals surface area contributed by atoms with Gasteiger partial charge in [0.2, 0.25) is 0 Å². The second-order valence-electron chi connectivity index (χ2n) is 6.59. The molecule has 28 heavy (non-hydrogen) atoms. The fraction of sp³-hybridized carbons (Fsp3) is 0. The molecule has 5 aromatic rings. The van der Waals surface area contributed by atoms with Crippen molar-refractivity contribution in [3.8, 4) is 34.7 Å². The van der Waals surface area contributed by atoms with Crippen LogP contribution in [0.5, 0.6) is 0 Å². The topological polar surface area (TPSA) is 99.1 Å². The molecule has 0 unspecified atom stereocenters. The summed E-state index contributed by atoms with van der Waals surface area (Å²) in [6.45, 7) is 0. The largest absolute Gasteiger partial charge is 0.223 e. The molecule has 6 rings (SSSR count). The lowest BCUT2D eigenvalue weighted by molar-refractivity contribution is 1.12. The lowest BCUT2D eigenvalue weighted by Gasteiger charge is -2.07. The molecule has 0 spiro atoms. The Labute approximate surface area is 158 Å². The summed E-state index contributed by atoms with van der Waals surface area (Å²) in [5, 5.41) is 22.9. The molecule has 0 atom stereocenters. The number of hydrogen-bond acceptors (Lipinski definition) is 6. The maximum Gasteiger partial charge on any atom is 0.199 e. The summed E-state index contributed by atoms with van der Waals surface area (Å²) in [4.78, 5) is 17.9. The van der Waals surface area contributed by atoms with E-state index < -0.39 is 0 Å². The van der Waals surface area contributed by atoms with Crippen molar-refractivity contribution in [1.82, 2.24) is 19.9 Å². The number of benzene rings is 3. The van der Waals surface area contributed by atoms with Gasteiger partial charge in [0, 0.05) is 16.5 Å². The average molecular weight is 356 g/mol. The Kier molecular flexibility index (Phi) is 2.66. The van der Waals surface area contributed by atoms with E-state index in [0.717, 1.165) is 44.1 Å². The van der Waals surface area contributed by atoms with Crippen LogP contribution in [0.2, 0.25) is 0 Å².